The lowest BCUT2D eigenvalue weighted by Gasteiger charge is -2.02. The van der Waals surface area contributed by atoms with Crippen LogP contribution < -0.4 is 10.6 Å². The molecule has 5 heteroatoms. The third-order valence-corrected chi connectivity index (χ3v) is 1.22. The second kappa shape index (κ2) is 6.60. The minimum absolute atomic E-state index is 0.124. The smallest absolute Gasteiger partial charge is 0.307 e. The predicted octanol–water partition coefficient (Wildman–Crippen LogP) is -1.11. The van der Waals surface area contributed by atoms with Crippen molar-refractivity contribution in [1.29, 1.82) is 0 Å². The number of methoxy groups -OCH3 is 1. The Morgan fingerprint density at radius 2 is 2.08 bits per heavy atom. The molecule has 0 aliphatic heterocycles. The van der Waals surface area contributed by atoms with Crippen LogP contribution in [0.3, 0.4) is 0 Å². The van der Waals surface area contributed by atoms with Gasteiger partial charge in [-0.05, 0) is 7.05 Å². The zero-order chi connectivity index (χ0) is 9.40. The summed E-state index contributed by atoms with van der Waals surface area (Å²) in [5, 5.41) is 5.24. The van der Waals surface area contributed by atoms with E-state index in [2.05, 4.69) is 15.4 Å². The minimum Gasteiger partial charge on any atom is -0.469 e. The molecule has 0 aliphatic rings. The Bertz CT molecular complexity index is 159. The maximum Gasteiger partial charge on any atom is 0.307 e. The molecule has 0 unspecified atom stereocenters. The standard InChI is InChI=1S/C7H14N2O3/c1-8-5-6(10)9-4-3-7(11)12-2/h8H,3-5H2,1-2H3,(H,9,10). The van der Waals surface area contributed by atoms with Crippen LogP contribution in [0.4, 0.5) is 0 Å². The summed E-state index contributed by atoms with van der Waals surface area (Å²) in [7, 11) is 3.00. The van der Waals surface area contributed by atoms with E-state index >= 15 is 0 Å². The van der Waals surface area contributed by atoms with Crippen LogP contribution in [-0.2, 0) is 14.3 Å². The Morgan fingerprint density at radius 3 is 2.58 bits per heavy atom. The van der Waals surface area contributed by atoms with E-state index in [1.807, 2.05) is 0 Å². The van der Waals surface area contributed by atoms with Gasteiger partial charge in [0.25, 0.3) is 0 Å². The number of rotatable bonds is 5. The summed E-state index contributed by atoms with van der Waals surface area (Å²) < 4.78 is 4.39. The number of ether oxygens (including phenoxy) is 1. The zero-order valence-electron chi connectivity index (χ0n) is 7.35. The van der Waals surface area contributed by atoms with Crippen molar-refractivity contribution in [1.82, 2.24) is 10.6 Å². The van der Waals surface area contributed by atoms with Crippen LogP contribution in [0, 0.1) is 0 Å². The highest BCUT2D eigenvalue weighted by Crippen LogP contribution is 1.80. The summed E-state index contributed by atoms with van der Waals surface area (Å²) in [6.45, 7) is 0.592. The van der Waals surface area contributed by atoms with Gasteiger partial charge in [0, 0.05) is 6.54 Å². The molecule has 5 nitrogen and oxygen atoms in total. The van der Waals surface area contributed by atoms with Gasteiger partial charge in [0.1, 0.15) is 0 Å². The van der Waals surface area contributed by atoms with Gasteiger partial charge < -0.3 is 15.4 Å². The summed E-state index contributed by atoms with van der Waals surface area (Å²) in [4.78, 5) is 21.3. The molecule has 0 spiro atoms. The summed E-state index contributed by atoms with van der Waals surface area (Å²) >= 11 is 0. The van der Waals surface area contributed by atoms with Crippen molar-refractivity contribution in [3.05, 3.63) is 0 Å². The molecule has 0 saturated carbocycles. The minimum atomic E-state index is -0.320. The first-order valence-electron chi connectivity index (χ1n) is 3.68. The van der Waals surface area contributed by atoms with Crippen molar-refractivity contribution in [2.45, 2.75) is 6.42 Å². The molecule has 0 aromatic rings. The maximum absolute atomic E-state index is 10.8. The van der Waals surface area contributed by atoms with Gasteiger partial charge in [-0.1, -0.05) is 0 Å². The van der Waals surface area contributed by atoms with E-state index in [1.54, 1.807) is 7.05 Å². The van der Waals surface area contributed by atoms with E-state index in [-0.39, 0.29) is 24.8 Å². The van der Waals surface area contributed by atoms with E-state index in [0.717, 1.165) is 0 Å². The van der Waals surface area contributed by atoms with Crippen molar-refractivity contribution in [3.8, 4) is 0 Å². The highest BCUT2D eigenvalue weighted by Gasteiger charge is 2.01. The zero-order valence-corrected chi connectivity index (χ0v) is 7.35. The average molecular weight is 174 g/mol. The first-order valence-corrected chi connectivity index (χ1v) is 3.68. The Balaban J connectivity index is 3.30. The van der Waals surface area contributed by atoms with Gasteiger partial charge in [-0.15, -0.1) is 0 Å². The highest BCUT2D eigenvalue weighted by molar-refractivity contribution is 5.78. The van der Waals surface area contributed by atoms with Crippen LogP contribution in [0.5, 0.6) is 0 Å². The predicted molar refractivity (Wildman–Crippen MR) is 43.6 cm³/mol. The normalized spacial score (nSPS) is 9.17. The van der Waals surface area contributed by atoms with Crippen LogP contribution in [0.2, 0.25) is 0 Å². The molecule has 0 heterocycles. The second-order valence-corrected chi connectivity index (χ2v) is 2.21. The number of hydrogen-bond donors (Lipinski definition) is 2. The molecule has 0 bridgehead atoms. The van der Waals surface area contributed by atoms with Gasteiger partial charge in [-0.3, -0.25) is 9.59 Å². The molecule has 0 saturated heterocycles. The molecule has 0 aliphatic carbocycles. The molecular formula is C7H14N2O3. The monoisotopic (exact) mass is 174 g/mol. The SMILES string of the molecule is CNCC(=O)NCCC(=O)OC. The lowest BCUT2D eigenvalue weighted by atomic mass is 10.4. The number of amides is 1. The molecular weight excluding hydrogens is 160 g/mol. The lowest BCUT2D eigenvalue weighted by molar-refractivity contribution is -0.140. The molecule has 70 valence electrons. The molecule has 0 aromatic carbocycles. The quantitative estimate of drug-likeness (QED) is 0.518. The van der Waals surface area contributed by atoms with Crippen LogP contribution in [0.1, 0.15) is 6.42 Å². The van der Waals surface area contributed by atoms with Crippen molar-refractivity contribution < 1.29 is 14.3 Å². The molecule has 1 amide bonds. The van der Waals surface area contributed by atoms with Crippen molar-refractivity contribution in [2.24, 2.45) is 0 Å². The molecule has 2 N–H and O–H groups in total. The first kappa shape index (κ1) is 10.9. The number of carbonyl (C=O) groups is 2. The van der Waals surface area contributed by atoms with Crippen molar-refractivity contribution >= 4 is 11.9 Å². The van der Waals surface area contributed by atoms with Crippen molar-refractivity contribution in [3.63, 3.8) is 0 Å². The number of esters is 1. The average Bonchev–Trinajstić information content (AvgIpc) is 2.04. The van der Waals surface area contributed by atoms with Crippen LogP contribution in [-0.4, -0.2) is 39.1 Å². The van der Waals surface area contributed by atoms with Gasteiger partial charge in [-0.2, -0.15) is 0 Å². The van der Waals surface area contributed by atoms with E-state index in [1.165, 1.54) is 7.11 Å². The van der Waals surface area contributed by atoms with Gasteiger partial charge in [0.05, 0.1) is 20.1 Å². The van der Waals surface area contributed by atoms with E-state index in [4.69, 9.17) is 0 Å². The van der Waals surface area contributed by atoms with Gasteiger partial charge in [0.15, 0.2) is 0 Å². The molecule has 12 heavy (non-hydrogen) atoms. The Labute approximate surface area is 71.5 Å². The molecule has 0 fully saturated rings. The van der Waals surface area contributed by atoms with Crippen LogP contribution >= 0.6 is 0 Å². The lowest BCUT2D eigenvalue weighted by Crippen LogP contribution is -2.33. The van der Waals surface area contributed by atoms with Crippen molar-refractivity contribution in [2.75, 3.05) is 27.2 Å². The second-order valence-electron chi connectivity index (χ2n) is 2.21. The molecule has 0 radical (unpaired) electrons. The fourth-order valence-corrected chi connectivity index (χ4v) is 0.629. The number of nitrogens with one attached hydrogen (secondary N) is 2. The summed E-state index contributed by atoms with van der Waals surface area (Å²) in [6, 6.07) is 0. The largest absolute Gasteiger partial charge is 0.469 e. The molecule has 0 atom stereocenters. The third-order valence-electron chi connectivity index (χ3n) is 1.22. The third kappa shape index (κ3) is 5.67. The van der Waals surface area contributed by atoms with Crippen LogP contribution in [0.25, 0.3) is 0 Å². The van der Waals surface area contributed by atoms with E-state index in [9.17, 15) is 9.59 Å². The number of hydrogen-bond acceptors (Lipinski definition) is 4. The van der Waals surface area contributed by atoms with Gasteiger partial charge >= 0.3 is 5.97 Å². The number of carbonyl (C=O) groups excluding carboxylic acids is 2. The summed E-state index contributed by atoms with van der Waals surface area (Å²) in [6.07, 6.45) is 0.214. The summed E-state index contributed by atoms with van der Waals surface area (Å²) in [5.41, 5.74) is 0. The fourth-order valence-electron chi connectivity index (χ4n) is 0.629. The highest BCUT2D eigenvalue weighted by atomic mass is 16.5. The Hall–Kier alpha value is -1.10. The number of likely N-dealkylation sites (N-methyl/N-ethyl adjacent to an activating group) is 1. The summed E-state index contributed by atoms with van der Waals surface area (Å²) in [5.74, 6) is -0.443. The van der Waals surface area contributed by atoms with Gasteiger partial charge in [-0.25, -0.2) is 0 Å². The first-order chi connectivity index (χ1) is 5.70. The van der Waals surface area contributed by atoms with E-state index < -0.39 is 0 Å². The van der Waals surface area contributed by atoms with Crippen LogP contribution in [0.15, 0.2) is 0 Å². The fraction of sp³-hybridized carbons (Fsp3) is 0.714. The van der Waals surface area contributed by atoms with Gasteiger partial charge in [0.2, 0.25) is 5.91 Å². The molecule has 0 rings (SSSR count). The Morgan fingerprint density at radius 1 is 1.42 bits per heavy atom. The Kier molecular flexibility index (Phi) is 6.00. The maximum atomic E-state index is 10.8. The topological polar surface area (TPSA) is 67.4 Å². The van der Waals surface area contributed by atoms with E-state index in [0.29, 0.717) is 6.54 Å². The molecule has 0 aromatic heterocycles.